The van der Waals surface area contributed by atoms with Crippen molar-refractivity contribution >= 4 is 180 Å². The Balaban J connectivity index is 0.000000210. The minimum atomic E-state index is 1.08. The second-order valence-electron chi connectivity index (χ2n) is 36.6. The van der Waals surface area contributed by atoms with Crippen LogP contribution in [0.3, 0.4) is 0 Å². The summed E-state index contributed by atoms with van der Waals surface area (Å²) in [5, 5.41) is 7.91. The van der Waals surface area contributed by atoms with E-state index in [1.165, 1.54) is 116 Å². The SMILES string of the molecule is c1ccc(-c2ccc(N(c3ccc(-c4ccccc4)cc3)c3ccc(-c4cccc5c4sc4ccccc45)cc3)cc2)cc1.c1ccc(N(c2ccc(-c3ccc(N(c4ccccc4)c4ccc(-c5ccc(N(c6ccccc6)c6ccc(-c7cccc8c7sc7ccccc78)cc6)cc5)cc4)cc3)cc2)c2ccc(-c3ccc(N(c4ccccc4)c4ccc(-c5cccc6c5sc5ccccc56)cc4)cc3)cc2)cc1. The minimum Gasteiger partial charge on any atom is -0.311 e. The summed E-state index contributed by atoms with van der Waals surface area (Å²) in [6, 6.07) is 208. The van der Waals surface area contributed by atoms with Crippen molar-refractivity contribution in [2.24, 2.45) is 0 Å². The van der Waals surface area contributed by atoms with Gasteiger partial charge in [-0.2, -0.15) is 0 Å². The van der Waals surface area contributed by atoms with Gasteiger partial charge in [0.2, 0.25) is 0 Å². The zero-order chi connectivity index (χ0) is 97.0. The van der Waals surface area contributed by atoms with Gasteiger partial charge in [-0.3, -0.25) is 0 Å². The molecule has 3 aromatic heterocycles. The van der Waals surface area contributed by atoms with E-state index in [1.807, 2.05) is 34.0 Å². The number of para-hydroxylation sites is 4. The zero-order valence-electron chi connectivity index (χ0n) is 79.8. The van der Waals surface area contributed by atoms with Gasteiger partial charge in [0.1, 0.15) is 0 Å². The highest BCUT2D eigenvalue weighted by Gasteiger charge is 2.24. The van der Waals surface area contributed by atoms with Crippen molar-refractivity contribution in [1.82, 2.24) is 0 Å². The highest BCUT2D eigenvalue weighted by Crippen LogP contribution is 2.50. The molecule has 146 heavy (non-hydrogen) atoms. The molecule has 26 rings (SSSR count). The first-order chi connectivity index (χ1) is 72.4. The van der Waals surface area contributed by atoms with E-state index in [1.54, 1.807) is 0 Å². The lowest BCUT2D eigenvalue weighted by Gasteiger charge is -2.27. The maximum atomic E-state index is 2.34. The van der Waals surface area contributed by atoms with E-state index in [0.717, 1.165) is 119 Å². The lowest BCUT2D eigenvalue weighted by Crippen LogP contribution is -2.10. The first-order valence-corrected chi connectivity index (χ1v) is 52.0. The van der Waals surface area contributed by atoms with Gasteiger partial charge in [0.25, 0.3) is 0 Å². The highest BCUT2D eigenvalue weighted by atomic mass is 32.1. The van der Waals surface area contributed by atoms with Crippen molar-refractivity contribution in [2.45, 2.75) is 0 Å². The maximum absolute atomic E-state index is 2.34. The van der Waals surface area contributed by atoms with Crippen LogP contribution >= 0.6 is 34.0 Å². The molecule has 0 spiro atoms. The molecule has 0 aliphatic heterocycles. The van der Waals surface area contributed by atoms with Crippen LogP contribution in [0.4, 0.5) is 85.3 Å². The average molecular weight is 1920 g/mol. The van der Waals surface area contributed by atoms with Crippen molar-refractivity contribution in [3.8, 4) is 89.0 Å². The van der Waals surface area contributed by atoms with E-state index in [0.29, 0.717) is 0 Å². The predicted molar refractivity (Wildman–Crippen MR) is 628 cm³/mol. The smallest absolute Gasteiger partial charge is 0.0462 e. The summed E-state index contributed by atoms with van der Waals surface area (Å²) >= 11 is 5.62. The Labute approximate surface area is 862 Å². The molecule has 0 N–H and O–H groups in total. The Kier molecular flexibility index (Phi) is 24.4. The number of benzene rings is 23. The summed E-state index contributed by atoms with van der Waals surface area (Å²) < 4.78 is 7.95. The molecule has 0 saturated carbocycles. The summed E-state index contributed by atoms with van der Waals surface area (Å²) in [6.45, 7) is 0. The molecule has 5 nitrogen and oxygen atoms in total. The predicted octanol–water partition coefficient (Wildman–Crippen LogP) is 41.2. The summed E-state index contributed by atoms with van der Waals surface area (Å²) in [4.78, 5) is 11.7. The third-order valence-corrected chi connectivity index (χ3v) is 31.5. The van der Waals surface area contributed by atoms with E-state index < -0.39 is 0 Å². The van der Waals surface area contributed by atoms with E-state index in [2.05, 4.69) is 601 Å². The number of anilines is 15. The van der Waals surface area contributed by atoms with Crippen LogP contribution in [0, 0.1) is 0 Å². The first kappa shape index (κ1) is 89.1. The van der Waals surface area contributed by atoms with Crippen LogP contribution in [-0.4, -0.2) is 0 Å². The van der Waals surface area contributed by atoms with Crippen molar-refractivity contribution in [1.29, 1.82) is 0 Å². The van der Waals surface area contributed by atoms with Gasteiger partial charge in [0.05, 0.1) is 0 Å². The van der Waals surface area contributed by atoms with Crippen molar-refractivity contribution in [2.75, 3.05) is 24.5 Å². The van der Waals surface area contributed by atoms with E-state index in [4.69, 9.17) is 0 Å². The highest BCUT2D eigenvalue weighted by molar-refractivity contribution is 7.27. The standard InChI is InChI=1S/C96H66N4S2.C42H29NS/c1-5-19-75(20-6-1)97(81-55-39-69(40-56-81)71-43-59-83(60-44-71)99(77-23-9-3-10-24-77)85-63-47-73(48-64-85)87-29-17-31-91-89-27-13-15-33-93(89)101-95(87)91)79-51-35-67(36-52-79)68-37-53-80(54-38-68)98(76-21-7-2-8-22-76)82-57-41-70(42-58-82)72-45-61-84(62-46-72)100(78-25-11-4-12-26-78)86-65-49-74(50-66-86)88-30-18-32-92-90-28-14-16-34-94(90)102-96(88)92;1-3-10-30(11-4-1)32-18-24-35(25-19-32)43(36-26-20-33(21-27-36)31-12-5-2-6-13-31)37-28-22-34(23-29-37)38-15-9-16-40-39-14-7-8-17-41(39)44-42(38)40/h1-66H;1-29H. The Morgan fingerprint density at radius 1 is 0.0959 bits per heavy atom. The summed E-state index contributed by atoms with van der Waals surface area (Å²) in [5.41, 5.74) is 35.6. The maximum Gasteiger partial charge on any atom is 0.0462 e. The zero-order valence-corrected chi connectivity index (χ0v) is 82.3. The Bertz CT molecular complexity index is 8600. The molecule has 0 unspecified atom stereocenters. The van der Waals surface area contributed by atoms with E-state index >= 15 is 0 Å². The third kappa shape index (κ3) is 17.9. The van der Waals surface area contributed by atoms with Gasteiger partial charge in [-0.25, -0.2) is 0 Å². The average Bonchev–Trinajstić information content (AvgIpc) is 1.62. The van der Waals surface area contributed by atoms with Gasteiger partial charge < -0.3 is 24.5 Å². The largest absolute Gasteiger partial charge is 0.311 e. The molecule has 690 valence electrons. The Morgan fingerprint density at radius 2 is 0.233 bits per heavy atom. The quantitative estimate of drug-likeness (QED) is 0.0633. The summed E-state index contributed by atoms with van der Waals surface area (Å²) in [6.07, 6.45) is 0. The van der Waals surface area contributed by atoms with E-state index in [9.17, 15) is 0 Å². The first-order valence-electron chi connectivity index (χ1n) is 49.5. The molecule has 0 aliphatic rings. The second kappa shape index (κ2) is 40.0. The fraction of sp³-hybridized carbons (Fsp3) is 0. The topological polar surface area (TPSA) is 16.2 Å². The Morgan fingerprint density at radius 3 is 0.418 bits per heavy atom. The Hall–Kier alpha value is -18.3. The van der Waals surface area contributed by atoms with Gasteiger partial charge in [-0.1, -0.05) is 376 Å². The minimum absolute atomic E-state index is 1.08. The molecule has 0 fully saturated rings. The molecule has 0 amide bonds. The lowest BCUT2D eigenvalue weighted by atomic mass is 10.0. The summed E-state index contributed by atoms with van der Waals surface area (Å²) in [7, 11) is 0. The van der Waals surface area contributed by atoms with Crippen LogP contribution in [0.15, 0.2) is 576 Å². The number of rotatable bonds is 23. The lowest BCUT2D eigenvalue weighted by molar-refractivity contribution is 1.28. The second-order valence-corrected chi connectivity index (χ2v) is 39.8. The monoisotopic (exact) mass is 1920 g/mol. The van der Waals surface area contributed by atoms with Crippen molar-refractivity contribution < 1.29 is 0 Å². The van der Waals surface area contributed by atoms with Gasteiger partial charge >= 0.3 is 0 Å². The normalized spacial score (nSPS) is 11.3. The molecule has 23 aromatic carbocycles. The van der Waals surface area contributed by atoms with E-state index in [-0.39, 0.29) is 0 Å². The van der Waals surface area contributed by atoms with Crippen molar-refractivity contribution in [3.63, 3.8) is 0 Å². The van der Waals surface area contributed by atoms with Crippen LogP contribution in [0.25, 0.3) is 150 Å². The van der Waals surface area contributed by atoms with Crippen molar-refractivity contribution in [3.05, 3.63) is 576 Å². The van der Waals surface area contributed by atoms with Gasteiger partial charge in [-0.05, 0) is 289 Å². The molecule has 8 heteroatoms. The molecular weight excluding hydrogens is 1820 g/mol. The number of fused-ring (bicyclic) bond motifs is 9. The number of hydrogen-bond donors (Lipinski definition) is 0. The summed E-state index contributed by atoms with van der Waals surface area (Å²) in [5.74, 6) is 0. The molecule has 0 atom stereocenters. The van der Waals surface area contributed by atoms with Crippen LogP contribution in [0.1, 0.15) is 0 Å². The molecular formula is C138H95N5S3. The van der Waals surface area contributed by atoms with Crippen LogP contribution in [-0.2, 0) is 0 Å². The van der Waals surface area contributed by atoms with Crippen LogP contribution in [0.2, 0.25) is 0 Å². The van der Waals surface area contributed by atoms with Gasteiger partial charge in [0, 0.05) is 146 Å². The number of hydrogen-bond acceptors (Lipinski definition) is 8. The third-order valence-electron chi connectivity index (χ3n) is 27.8. The number of nitrogens with zero attached hydrogens (tertiary/aromatic N) is 5. The molecule has 0 bridgehead atoms. The fourth-order valence-corrected chi connectivity index (χ4v) is 24.2. The van der Waals surface area contributed by atoms with Gasteiger partial charge in [0.15, 0.2) is 0 Å². The van der Waals surface area contributed by atoms with Crippen LogP contribution in [0.5, 0.6) is 0 Å². The fourth-order valence-electron chi connectivity index (χ4n) is 20.5. The molecule has 3 heterocycles. The van der Waals surface area contributed by atoms with Crippen LogP contribution < -0.4 is 24.5 Å². The molecule has 0 radical (unpaired) electrons. The molecule has 26 aromatic rings. The molecule has 0 aliphatic carbocycles. The van der Waals surface area contributed by atoms with Gasteiger partial charge in [-0.15, -0.1) is 34.0 Å². The molecule has 0 saturated heterocycles. The number of thiophene rings is 3.